The number of likely N-dealkylation sites (N-methyl/N-ethyl adjacent to an activating group) is 1. The lowest BCUT2D eigenvalue weighted by atomic mass is 10.1. The number of aromatic nitrogens is 2. The monoisotopic (exact) mass is 248 g/mol. The van der Waals surface area contributed by atoms with E-state index in [1.807, 2.05) is 0 Å². The Balaban J connectivity index is 2.12. The standard InChI is InChI=1S/C14H24N4/c1-10(2)13-7-11(3)16-14(17-13)8-12-9-15-5-6-18(12)4/h7,10,12,15H,5-6,8-9H2,1-4H3. The molecule has 4 nitrogen and oxygen atoms in total. The van der Waals surface area contributed by atoms with Gasteiger partial charge in [-0.25, -0.2) is 9.97 Å². The van der Waals surface area contributed by atoms with E-state index in [0.29, 0.717) is 12.0 Å². The number of nitrogens with one attached hydrogen (secondary N) is 1. The smallest absolute Gasteiger partial charge is 0.130 e. The summed E-state index contributed by atoms with van der Waals surface area (Å²) < 4.78 is 0. The molecule has 0 aromatic carbocycles. The number of aryl methyl sites for hydroxylation is 1. The molecule has 0 bridgehead atoms. The Morgan fingerprint density at radius 1 is 1.44 bits per heavy atom. The van der Waals surface area contributed by atoms with Crippen LogP contribution in [0.3, 0.4) is 0 Å². The summed E-state index contributed by atoms with van der Waals surface area (Å²) in [5.74, 6) is 1.45. The molecule has 1 aliphatic rings. The molecule has 1 unspecified atom stereocenters. The molecule has 4 heteroatoms. The maximum absolute atomic E-state index is 4.70. The van der Waals surface area contributed by atoms with Crippen molar-refractivity contribution in [1.82, 2.24) is 20.2 Å². The third kappa shape index (κ3) is 3.27. The second-order valence-electron chi connectivity index (χ2n) is 5.55. The van der Waals surface area contributed by atoms with Crippen molar-refractivity contribution in [3.8, 4) is 0 Å². The van der Waals surface area contributed by atoms with Crippen LogP contribution in [-0.4, -0.2) is 47.6 Å². The van der Waals surface area contributed by atoms with Crippen LogP contribution in [0.4, 0.5) is 0 Å². The molecule has 1 fully saturated rings. The second-order valence-corrected chi connectivity index (χ2v) is 5.55. The van der Waals surface area contributed by atoms with Crippen LogP contribution in [-0.2, 0) is 6.42 Å². The van der Waals surface area contributed by atoms with Gasteiger partial charge >= 0.3 is 0 Å². The van der Waals surface area contributed by atoms with Crippen molar-refractivity contribution in [2.24, 2.45) is 0 Å². The van der Waals surface area contributed by atoms with Crippen molar-refractivity contribution in [1.29, 1.82) is 0 Å². The first-order valence-electron chi connectivity index (χ1n) is 6.81. The molecule has 2 heterocycles. The highest BCUT2D eigenvalue weighted by molar-refractivity contribution is 5.13. The molecule has 100 valence electrons. The van der Waals surface area contributed by atoms with Crippen LogP contribution < -0.4 is 5.32 Å². The number of rotatable bonds is 3. The molecule has 1 aromatic heterocycles. The number of hydrogen-bond acceptors (Lipinski definition) is 4. The number of piperazine rings is 1. The largest absolute Gasteiger partial charge is 0.314 e. The molecule has 0 amide bonds. The highest BCUT2D eigenvalue weighted by Gasteiger charge is 2.20. The van der Waals surface area contributed by atoms with Gasteiger partial charge in [-0.15, -0.1) is 0 Å². The Kier molecular flexibility index (Phi) is 4.30. The minimum atomic E-state index is 0.465. The fourth-order valence-electron chi connectivity index (χ4n) is 2.34. The van der Waals surface area contributed by atoms with E-state index in [1.54, 1.807) is 0 Å². The Labute approximate surface area is 110 Å². The lowest BCUT2D eigenvalue weighted by Crippen LogP contribution is -2.50. The summed E-state index contributed by atoms with van der Waals surface area (Å²) in [4.78, 5) is 11.7. The first kappa shape index (κ1) is 13.4. The maximum Gasteiger partial charge on any atom is 0.130 e. The van der Waals surface area contributed by atoms with E-state index in [9.17, 15) is 0 Å². The average Bonchev–Trinajstić information content (AvgIpc) is 2.31. The van der Waals surface area contributed by atoms with Crippen molar-refractivity contribution < 1.29 is 0 Å². The molecule has 1 aliphatic heterocycles. The second kappa shape index (κ2) is 5.76. The zero-order chi connectivity index (χ0) is 13.1. The number of hydrogen-bond donors (Lipinski definition) is 1. The van der Waals surface area contributed by atoms with Crippen LogP contribution >= 0.6 is 0 Å². The van der Waals surface area contributed by atoms with E-state index < -0.39 is 0 Å². The molecule has 1 saturated heterocycles. The van der Waals surface area contributed by atoms with Gasteiger partial charge in [0.15, 0.2) is 0 Å². The topological polar surface area (TPSA) is 41.1 Å². The highest BCUT2D eigenvalue weighted by atomic mass is 15.2. The summed E-state index contributed by atoms with van der Waals surface area (Å²) >= 11 is 0. The van der Waals surface area contributed by atoms with Crippen molar-refractivity contribution in [2.45, 2.75) is 39.2 Å². The van der Waals surface area contributed by atoms with E-state index in [-0.39, 0.29) is 0 Å². The third-order valence-electron chi connectivity index (χ3n) is 3.57. The van der Waals surface area contributed by atoms with Crippen LogP contribution in [0.5, 0.6) is 0 Å². The van der Waals surface area contributed by atoms with E-state index in [2.05, 4.69) is 49.1 Å². The van der Waals surface area contributed by atoms with Crippen molar-refractivity contribution >= 4 is 0 Å². The van der Waals surface area contributed by atoms with Gasteiger partial charge in [-0.2, -0.15) is 0 Å². The molecule has 0 radical (unpaired) electrons. The van der Waals surface area contributed by atoms with Gasteiger partial charge in [0.1, 0.15) is 5.82 Å². The molecule has 0 saturated carbocycles. The summed E-state index contributed by atoms with van der Waals surface area (Å²) in [6.45, 7) is 9.64. The van der Waals surface area contributed by atoms with Gasteiger partial charge in [0.2, 0.25) is 0 Å². The summed E-state index contributed by atoms with van der Waals surface area (Å²) in [6.07, 6.45) is 0.935. The molecule has 0 spiro atoms. The van der Waals surface area contributed by atoms with E-state index in [4.69, 9.17) is 4.98 Å². The predicted molar refractivity (Wildman–Crippen MR) is 73.8 cm³/mol. The summed E-state index contributed by atoms with van der Waals surface area (Å²) in [6, 6.07) is 2.61. The molecule has 0 aliphatic carbocycles. The zero-order valence-electron chi connectivity index (χ0n) is 11.9. The fraction of sp³-hybridized carbons (Fsp3) is 0.714. The van der Waals surface area contributed by atoms with E-state index >= 15 is 0 Å². The van der Waals surface area contributed by atoms with Crippen LogP contribution in [0.1, 0.15) is 37.0 Å². The van der Waals surface area contributed by atoms with Gasteiger partial charge < -0.3 is 10.2 Å². The minimum absolute atomic E-state index is 0.465. The van der Waals surface area contributed by atoms with E-state index in [1.165, 1.54) is 0 Å². The predicted octanol–water partition coefficient (Wildman–Crippen LogP) is 1.35. The van der Waals surface area contributed by atoms with Crippen LogP contribution in [0.2, 0.25) is 0 Å². The SMILES string of the molecule is Cc1cc(C(C)C)nc(CC2CNCCN2C)n1. The molecule has 2 rings (SSSR count). The fourth-order valence-corrected chi connectivity index (χ4v) is 2.34. The van der Waals surface area contributed by atoms with Gasteiger partial charge in [-0.3, -0.25) is 0 Å². The van der Waals surface area contributed by atoms with Crippen molar-refractivity contribution in [3.63, 3.8) is 0 Å². The average molecular weight is 248 g/mol. The first-order valence-corrected chi connectivity index (χ1v) is 6.81. The number of nitrogens with zero attached hydrogens (tertiary/aromatic N) is 3. The van der Waals surface area contributed by atoms with Gasteiger partial charge in [-0.05, 0) is 26.0 Å². The summed E-state index contributed by atoms with van der Waals surface area (Å²) in [5, 5.41) is 3.44. The van der Waals surface area contributed by atoms with Gasteiger partial charge in [0.25, 0.3) is 0 Å². The van der Waals surface area contributed by atoms with Crippen LogP contribution in [0.25, 0.3) is 0 Å². The molecule has 18 heavy (non-hydrogen) atoms. The summed E-state index contributed by atoms with van der Waals surface area (Å²) in [7, 11) is 2.19. The molecular weight excluding hydrogens is 224 g/mol. The normalized spacial score (nSPS) is 21.5. The van der Waals surface area contributed by atoms with Gasteiger partial charge in [0.05, 0.1) is 0 Å². The van der Waals surface area contributed by atoms with Gasteiger partial charge in [0, 0.05) is 43.5 Å². The Morgan fingerprint density at radius 3 is 2.89 bits per heavy atom. The first-order chi connectivity index (χ1) is 8.56. The third-order valence-corrected chi connectivity index (χ3v) is 3.57. The highest BCUT2D eigenvalue weighted by Crippen LogP contribution is 2.14. The van der Waals surface area contributed by atoms with Crippen molar-refractivity contribution in [2.75, 3.05) is 26.7 Å². The van der Waals surface area contributed by atoms with Crippen LogP contribution in [0, 0.1) is 6.92 Å². The quantitative estimate of drug-likeness (QED) is 0.877. The Morgan fingerprint density at radius 2 is 2.22 bits per heavy atom. The maximum atomic E-state index is 4.70. The molecule has 1 N–H and O–H groups in total. The van der Waals surface area contributed by atoms with Gasteiger partial charge in [-0.1, -0.05) is 13.8 Å². The molecule has 1 aromatic rings. The lowest BCUT2D eigenvalue weighted by molar-refractivity contribution is 0.197. The molecule has 1 atom stereocenters. The Bertz CT molecular complexity index is 403. The van der Waals surface area contributed by atoms with Crippen LogP contribution in [0.15, 0.2) is 6.07 Å². The Hall–Kier alpha value is -1.00. The van der Waals surface area contributed by atoms with Crippen molar-refractivity contribution in [3.05, 3.63) is 23.3 Å². The lowest BCUT2D eigenvalue weighted by Gasteiger charge is -2.32. The zero-order valence-corrected chi connectivity index (χ0v) is 11.9. The summed E-state index contributed by atoms with van der Waals surface area (Å²) in [5.41, 5.74) is 2.24. The molecular formula is C14H24N4. The van der Waals surface area contributed by atoms with E-state index in [0.717, 1.165) is 43.3 Å². The minimum Gasteiger partial charge on any atom is -0.314 e.